The van der Waals surface area contributed by atoms with Crippen LogP contribution in [0.3, 0.4) is 0 Å². The zero-order valence-corrected chi connectivity index (χ0v) is 7.04. The van der Waals surface area contributed by atoms with Crippen molar-refractivity contribution in [3.63, 3.8) is 0 Å². The molecule has 1 aromatic heterocycles. The predicted molar refractivity (Wildman–Crippen MR) is 47.9 cm³/mol. The average Bonchev–Trinajstić information content (AvgIpc) is 2.41. The fraction of sp³-hybridized carbons (Fsp3) is 0.286. The molecule has 0 unspecified atom stereocenters. The third kappa shape index (κ3) is 2.40. The lowest BCUT2D eigenvalue weighted by molar-refractivity contribution is 0.982. The van der Waals surface area contributed by atoms with Gasteiger partial charge in [0, 0.05) is 0 Å². The van der Waals surface area contributed by atoms with E-state index < -0.39 is 0 Å². The van der Waals surface area contributed by atoms with Gasteiger partial charge in [0.2, 0.25) is 0 Å². The number of aliphatic imine (C=N–C) groups is 1. The summed E-state index contributed by atoms with van der Waals surface area (Å²) >= 11 is 6.14. The molecule has 0 radical (unpaired) electrons. The van der Waals surface area contributed by atoms with Crippen molar-refractivity contribution in [2.45, 2.75) is 6.42 Å². The monoisotopic (exact) mass is 169 g/mol. The number of nitrogens with zero attached hydrogens (tertiary/aromatic N) is 1. The topological polar surface area (TPSA) is 12.4 Å². The van der Waals surface area contributed by atoms with Gasteiger partial charge in [0.25, 0.3) is 0 Å². The van der Waals surface area contributed by atoms with E-state index in [4.69, 9.17) is 0 Å². The van der Waals surface area contributed by atoms with E-state index in [1.54, 1.807) is 11.3 Å². The standard InChI is InChI=1S/C7H7NS2/c9-6-8-3-1-7-2-4-10-5-7/h2,4-5H,1,3H2. The minimum absolute atomic E-state index is 0.764. The Labute approximate surface area is 69.4 Å². The van der Waals surface area contributed by atoms with Crippen molar-refractivity contribution >= 4 is 28.7 Å². The van der Waals surface area contributed by atoms with Crippen LogP contribution in [0.4, 0.5) is 0 Å². The molecule has 1 heterocycles. The number of rotatable bonds is 3. The summed E-state index contributed by atoms with van der Waals surface area (Å²) in [7, 11) is 0. The van der Waals surface area contributed by atoms with Crippen molar-refractivity contribution in [2.24, 2.45) is 4.99 Å². The van der Waals surface area contributed by atoms with Gasteiger partial charge >= 0.3 is 0 Å². The van der Waals surface area contributed by atoms with E-state index in [1.807, 2.05) is 0 Å². The first-order valence-corrected chi connectivity index (χ1v) is 4.33. The van der Waals surface area contributed by atoms with Gasteiger partial charge in [-0.1, -0.05) is 0 Å². The molecular formula is C7H7NS2. The molecule has 1 rings (SSSR count). The highest BCUT2D eigenvalue weighted by molar-refractivity contribution is 7.78. The van der Waals surface area contributed by atoms with E-state index in [9.17, 15) is 0 Å². The highest BCUT2D eigenvalue weighted by atomic mass is 32.1. The molecule has 0 bridgehead atoms. The van der Waals surface area contributed by atoms with Crippen LogP contribution in [0.5, 0.6) is 0 Å². The van der Waals surface area contributed by atoms with E-state index in [-0.39, 0.29) is 0 Å². The van der Waals surface area contributed by atoms with Gasteiger partial charge in [0.15, 0.2) is 0 Å². The van der Waals surface area contributed by atoms with Crippen molar-refractivity contribution in [1.82, 2.24) is 0 Å². The molecule has 0 aliphatic carbocycles. The lowest BCUT2D eigenvalue weighted by atomic mass is 10.2. The van der Waals surface area contributed by atoms with Crippen LogP contribution in [-0.4, -0.2) is 11.7 Å². The van der Waals surface area contributed by atoms with Crippen molar-refractivity contribution in [1.29, 1.82) is 0 Å². The van der Waals surface area contributed by atoms with Crippen LogP contribution >= 0.6 is 23.6 Å². The van der Waals surface area contributed by atoms with Crippen molar-refractivity contribution in [2.75, 3.05) is 6.54 Å². The summed E-state index contributed by atoms with van der Waals surface area (Å²) in [5.41, 5.74) is 1.33. The Balaban J connectivity index is 2.34. The SMILES string of the molecule is S=C=NCCc1ccsc1. The normalized spacial score (nSPS) is 8.80. The van der Waals surface area contributed by atoms with Gasteiger partial charge in [0.1, 0.15) is 0 Å². The molecule has 0 aromatic carbocycles. The van der Waals surface area contributed by atoms with Crippen LogP contribution in [0.1, 0.15) is 5.56 Å². The molecule has 52 valence electrons. The number of isothiocyanates is 1. The Kier molecular flexibility index (Phi) is 3.30. The Morgan fingerprint density at radius 2 is 2.60 bits per heavy atom. The maximum absolute atomic E-state index is 4.43. The molecule has 0 saturated carbocycles. The smallest absolute Gasteiger partial charge is 0.0585 e. The van der Waals surface area contributed by atoms with Gasteiger partial charge in [-0.25, -0.2) is 4.99 Å². The molecule has 3 heteroatoms. The van der Waals surface area contributed by atoms with Crippen molar-refractivity contribution < 1.29 is 0 Å². The summed E-state index contributed by atoms with van der Waals surface area (Å²) in [6.07, 6.45) is 0.979. The van der Waals surface area contributed by atoms with E-state index in [1.165, 1.54) is 5.56 Å². The van der Waals surface area contributed by atoms with Crippen LogP contribution in [0.25, 0.3) is 0 Å². The summed E-state index contributed by atoms with van der Waals surface area (Å²) < 4.78 is 0. The molecule has 1 aromatic rings. The number of thiocarbonyl (C=S) groups is 1. The third-order valence-corrected chi connectivity index (χ3v) is 2.02. The van der Waals surface area contributed by atoms with Crippen LogP contribution in [-0.2, 0) is 6.42 Å². The lowest BCUT2D eigenvalue weighted by Gasteiger charge is -1.87. The maximum atomic E-state index is 4.43. The average molecular weight is 169 g/mol. The van der Waals surface area contributed by atoms with Gasteiger partial charge in [-0.05, 0) is 41.0 Å². The fourth-order valence-corrected chi connectivity index (χ4v) is 1.46. The second-order valence-electron chi connectivity index (χ2n) is 1.85. The first-order chi connectivity index (χ1) is 4.93. The Hall–Kier alpha value is -0.500. The van der Waals surface area contributed by atoms with E-state index >= 15 is 0 Å². The summed E-state index contributed by atoms with van der Waals surface area (Å²) in [6.45, 7) is 0.764. The Morgan fingerprint density at radius 1 is 1.70 bits per heavy atom. The molecular weight excluding hydrogens is 162 g/mol. The first kappa shape index (κ1) is 7.61. The van der Waals surface area contributed by atoms with Crippen molar-refractivity contribution in [3.05, 3.63) is 22.4 Å². The summed E-state index contributed by atoms with van der Waals surface area (Å²) in [5.74, 6) is 0. The molecule has 0 amide bonds. The van der Waals surface area contributed by atoms with E-state index in [0.717, 1.165) is 13.0 Å². The molecule has 10 heavy (non-hydrogen) atoms. The molecule has 1 nitrogen and oxygen atoms in total. The molecule has 0 aliphatic heterocycles. The summed E-state index contributed by atoms with van der Waals surface area (Å²) in [6, 6.07) is 2.10. The van der Waals surface area contributed by atoms with Crippen LogP contribution in [0.2, 0.25) is 0 Å². The van der Waals surface area contributed by atoms with Crippen LogP contribution < -0.4 is 0 Å². The first-order valence-electron chi connectivity index (χ1n) is 2.98. The van der Waals surface area contributed by atoms with Gasteiger partial charge in [-0.3, -0.25) is 0 Å². The minimum atomic E-state index is 0.764. The third-order valence-electron chi connectivity index (χ3n) is 1.16. The van der Waals surface area contributed by atoms with E-state index in [2.05, 4.69) is 39.2 Å². The Morgan fingerprint density at radius 3 is 3.20 bits per heavy atom. The molecule has 0 N–H and O–H groups in total. The molecule has 0 saturated heterocycles. The Bertz CT molecular complexity index is 222. The van der Waals surface area contributed by atoms with E-state index in [0.29, 0.717) is 0 Å². The number of hydrogen-bond donors (Lipinski definition) is 0. The van der Waals surface area contributed by atoms with Gasteiger partial charge in [0.05, 0.1) is 11.7 Å². The largest absolute Gasteiger partial charge is 0.232 e. The highest BCUT2D eigenvalue weighted by Gasteiger charge is 1.89. The lowest BCUT2D eigenvalue weighted by Crippen LogP contribution is -1.84. The predicted octanol–water partition coefficient (Wildman–Crippen LogP) is 2.39. The number of hydrogen-bond acceptors (Lipinski definition) is 3. The zero-order chi connectivity index (χ0) is 7.23. The van der Waals surface area contributed by atoms with Crippen LogP contribution in [0.15, 0.2) is 21.8 Å². The second kappa shape index (κ2) is 4.34. The van der Waals surface area contributed by atoms with Crippen LogP contribution in [0, 0.1) is 0 Å². The summed E-state index contributed by atoms with van der Waals surface area (Å²) in [5, 5.41) is 6.53. The molecule has 0 spiro atoms. The number of thiophene rings is 1. The quantitative estimate of drug-likeness (QED) is 0.500. The molecule has 0 fully saturated rings. The molecule has 0 atom stereocenters. The maximum Gasteiger partial charge on any atom is 0.0585 e. The summed E-state index contributed by atoms with van der Waals surface area (Å²) in [4.78, 5) is 3.82. The highest BCUT2D eigenvalue weighted by Crippen LogP contribution is 2.05. The van der Waals surface area contributed by atoms with Gasteiger partial charge in [-0.15, -0.1) is 0 Å². The zero-order valence-electron chi connectivity index (χ0n) is 5.41. The fourth-order valence-electron chi connectivity index (χ4n) is 0.666. The minimum Gasteiger partial charge on any atom is -0.232 e. The van der Waals surface area contributed by atoms with Gasteiger partial charge < -0.3 is 0 Å². The van der Waals surface area contributed by atoms with Gasteiger partial charge in [-0.2, -0.15) is 11.3 Å². The van der Waals surface area contributed by atoms with Crippen molar-refractivity contribution in [3.8, 4) is 0 Å². The second-order valence-corrected chi connectivity index (χ2v) is 2.82. The molecule has 0 aliphatic rings.